The highest BCUT2D eigenvalue weighted by Crippen LogP contribution is 2.41. The lowest BCUT2D eigenvalue weighted by atomic mass is 9.78. The molecule has 1 saturated carbocycles. The van der Waals surface area contributed by atoms with Crippen molar-refractivity contribution >= 4 is 22.6 Å². The number of nitrogens with zero attached hydrogens (tertiary/aromatic N) is 2. The summed E-state index contributed by atoms with van der Waals surface area (Å²) in [5.41, 5.74) is 5.69. The molecule has 1 aromatic carbocycles. The van der Waals surface area contributed by atoms with E-state index in [1.807, 2.05) is 6.07 Å². The van der Waals surface area contributed by atoms with Crippen LogP contribution in [0.4, 0.5) is 5.69 Å². The highest BCUT2D eigenvalue weighted by atomic mass is 16.1. The summed E-state index contributed by atoms with van der Waals surface area (Å²) < 4.78 is 0. The first-order chi connectivity index (χ1) is 11.5. The first kappa shape index (κ1) is 13.8. The third-order valence-corrected chi connectivity index (χ3v) is 5.08. The average molecular weight is 321 g/mol. The van der Waals surface area contributed by atoms with Gasteiger partial charge in [0.15, 0.2) is 5.82 Å². The van der Waals surface area contributed by atoms with E-state index < -0.39 is 0 Å². The molecule has 0 spiro atoms. The molecular weight excluding hydrogens is 302 g/mol. The normalized spacial score (nSPS) is 19.3. The quantitative estimate of drug-likeness (QED) is 0.675. The van der Waals surface area contributed by atoms with Gasteiger partial charge in [0.25, 0.3) is 0 Å². The highest BCUT2D eigenvalue weighted by molar-refractivity contribution is 5.98. The zero-order chi connectivity index (χ0) is 16.5. The maximum atomic E-state index is 11.9. The molecule has 3 aromatic rings. The van der Waals surface area contributed by atoms with Crippen molar-refractivity contribution in [3.05, 3.63) is 29.5 Å². The topological polar surface area (TPSA) is 86.5 Å². The van der Waals surface area contributed by atoms with Crippen LogP contribution in [-0.2, 0) is 10.2 Å². The number of benzene rings is 1. The summed E-state index contributed by atoms with van der Waals surface area (Å²) in [6, 6.07) is 6.15. The first-order valence-corrected chi connectivity index (χ1v) is 8.39. The van der Waals surface area contributed by atoms with Crippen LogP contribution in [0.1, 0.15) is 50.3 Å². The van der Waals surface area contributed by atoms with Crippen molar-refractivity contribution < 1.29 is 4.79 Å². The Labute approximate surface area is 139 Å². The number of aromatic amines is 2. The van der Waals surface area contributed by atoms with Crippen LogP contribution in [0.2, 0.25) is 0 Å². The van der Waals surface area contributed by atoms with Crippen molar-refractivity contribution in [2.45, 2.75) is 44.4 Å². The maximum Gasteiger partial charge on any atom is 0.225 e. The SMILES string of the molecule is CC1(C)CC(=O)Nc2cc3nc(-c4cc(C5CC5)[nH]n4)[nH]c3cc21. The molecule has 0 radical (unpaired) electrons. The Kier molecular flexibility index (Phi) is 2.56. The average Bonchev–Trinajstić information content (AvgIpc) is 3.08. The van der Waals surface area contributed by atoms with Gasteiger partial charge in [-0.1, -0.05) is 13.8 Å². The van der Waals surface area contributed by atoms with Gasteiger partial charge in [-0.05, 0) is 36.6 Å². The summed E-state index contributed by atoms with van der Waals surface area (Å²) in [7, 11) is 0. The predicted molar refractivity (Wildman–Crippen MR) is 91.9 cm³/mol. The predicted octanol–water partition coefficient (Wildman–Crippen LogP) is 3.45. The molecule has 1 fully saturated rings. The van der Waals surface area contributed by atoms with Gasteiger partial charge in [-0.3, -0.25) is 9.89 Å². The summed E-state index contributed by atoms with van der Waals surface area (Å²) in [5.74, 6) is 1.46. The molecule has 2 aliphatic rings. The molecule has 0 atom stereocenters. The van der Waals surface area contributed by atoms with E-state index in [0.29, 0.717) is 12.3 Å². The van der Waals surface area contributed by atoms with Crippen molar-refractivity contribution in [1.82, 2.24) is 20.2 Å². The largest absolute Gasteiger partial charge is 0.337 e. The molecule has 1 amide bonds. The van der Waals surface area contributed by atoms with Gasteiger partial charge in [0.05, 0.1) is 11.0 Å². The third-order valence-electron chi connectivity index (χ3n) is 5.08. The van der Waals surface area contributed by atoms with Crippen molar-refractivity contribution in [1.29, 1.82) is 0 Å². The van der Waals surface area contributed by atoms with Crippen molar-refractivity contribution in [2.75, 3.05) is 5.32 Å². The van der Waals surface area contributed by atoms with Crippen LogP contribution >= 0.6 is 0 Å². The van der Waals surface area contributed by atoms with E-state index in [2.05, 4.69) is 51.5 Å². The van der Waals surface area contributed by atoms with Gasteiger partial charge in [-0.2, -0.15) is 5.10 Å². The fourth-order valence-electron chi connectivity index (χ4n) is 3.59. The number of nitrogens with one attached hydrogen (secondary N) is 3. The molecule has 5 rings (SSSR count). The summed E-state index contributed by atoms with van der Waals surface area (Å²) >= 11 is 0. The Balaban J connectivity index is 1.61. The van der Waals surface area contributed by atoms with Gasteiger partial charge >= 0.3 is 0 Å². The minimum absolute atomic E-state index is 0.0592. The number of carbonyl (C=O) groups is 1. The molecule has 3 N–H and O–H groups in total. The highest BCUT2D eigenvalue weighted by Gasteiger charge is 2.32. The van der Waals surface area contributed by atoms with Crippen LogP contribution in [0.15, 0.2) is 18.2 Å². The van der Waals surface area contributed by atoms with Crippen LogP contribution in [0.25, 0.3) is 22.6 Å². The lowest BCUT2D eigenvalue weighted by Gasteiger charge is -2.31. The standard InChI is InChI=1S/C18H19N5O/c1-18(2)8-16(24)19-12-7-14-13(5-10(12)18)20-17(21-14)15-6-11(22-23-15)9-3-4-9/h5-7,9H,3-4,8H2,1-2H3,(H,19,24)(H,20,21)(H,22,23). The number of hydrogen-bond donors (Lipinski definition) is 3. The van der Waals surface area contributed by atoms with E-state index in [-0.39, 0.29) is 11.3 Å². The summed E-state index contributed by atoms with van der Waals surface area (Å²) in [5, 5.41) is 10.5. The molecule has 0 unspecified atom stereocenters. The van der Waals surface area contributed by atoms with Crippen molar-refractivity contribution in [3.8, 4) is 11.5 Å². The molecule has 122 valence electrons. The van der Waals surface area contributed by atoms with Crippen LogP contribution in [0, 0.1) is 0 Å². The van der Waals surface area contributed by atoms with E-state index >= 15 is 0 Å². The number of anilines is 1. The van der Waals surface area contributed by atoms with Crippen LogP contribution in [0.5, 0.6) is 0 Å². The fourth-order valence-corrected chi connectivity index (χ4v) is 3.59. The molecule has 6 heteroatoms. The second kappa shape index (κ2) is 4.47. The van der Waals surface area contributed by atoms with Crippen LogP contribution < -0.4 is 5.32 Å². The third kappa shape index (κ3) is 2.06. The number of imidazole rings is 1. The molecule has 0 saturated heterocycles. The number of hydrogen-bond acceptors (Lipinski definition) is 3. The Morgan fingerprint density at radius 1 is 1.21 bits per heavy atom. The molecule has 0 bridgehead atoms. The Morgan fingerprint density at radius 3 is 2.83 bits per heavy atom. The minimum Gasteiger partial charge on any atom is -0.337 e. The second-order valence-corrected chi connectivity index (χ2v) is 7.59. The summed E-state index contributed by atoms with van der Waals surface area (Å²) in [6.45, 7) is 4.20. The molecule has 24 heavy (non-hydrogen) atoms. The number of aromatic nitrogens is 4. The summed E-state index contributed by atoms with van der Waals surface area (Å²) in [4.78, 5) is 20.0. The number of H-pyrrole nitrogens is 2. The molecule has 1 aliphatic heterocycles. The Morgan fingerprint density at radius 2 is 2.04 bits per heavy atom. The molecule has 3 heterocycles. The molecule has 1 aliphatic carbocycles. The molecule has 6 nitrogen and oxygen atoms in total. The summed E-state index contributed by atoms with van der Waals surface area (Å²) in [6.07, 6.45) is 2.98. The monoisotopic (exact) mass is 321 g/mol. The van der Waals surface area contributed by atoms with E-state index in [1.54, 1.807) is 0 Å². The number of rotatable bonds is 2. The smallest absolute Gasteiger partial charge is 0.225 e. The number of amides is 1. The number of fused-ring (bicyclic) bond motifs is 2. The van der Waals surface area contributed by atoms with E-state index in [9.17, 15) is 4.79 Å². The van der Waals surface area contributed by atoms with Gasteiger partial charge < -0.3 is 10.3 Å². The molecule has 2 aromatic heterocycles. The molecular formula is C18H19N5O. The zero-order valence-corrected chi connectivity index (χ0v) is 13.7. The van der Waals surface area contributed by atoms with Crippen molar-refractivity contribution in [3.63, 3.8) is 0 Å². The van der Waals surface area contributed by atoms with E-state index in [0.717, 1.165) is 33.8 Å². The Bertz CT molecular complexity index is 977. The fraction of sp³-hybridized carbons (Fsp3) is 0.389. The zero-order valence-electron chi connectivity index (χ0n) is 13.7. The van der Waals surface area contributed by atoms with Gasteiger partial charge in [0.2, 0.25) is 5.91 Å². The lowest BCUT2D eigenvalue weighted by Crippen LogP contribution is -2.32. The minimum atomic E-state index is -0.178. The van der Waals surface area contributed by atoms with Crippen molar-refractivity contribution in [2.24, 2.45) is 0 Å². The first-order valence-electron chi connectivity index (χ1n) is 8.39. The maximum absolute atomic E-state index is 11.9. The van der Waals surface area contributed by atoms with Gasteiger partial charge in [0.1, 0.15) is 5.69 Å². The second-order valence-electron chi connectivity index (χ2n) is 7.59. The van der Waals surface area contributed by atoms with E-state index in [1.165, 1.54) is 18.5 Å². The van der Waals surface area contributed by atoms with Gasteiger partial charge in [0, 0.05) is 29.1 Å². The van der Waals surface area contributed by atoms with E-state index in [4.69, 9.17) is 0 Å². The van der Waals surface area contributed by atoms with Crippen LogP contribution in [-0.4, -0.2) is 26.1 Å². The Hall–Kier alpha value is -2.63. The van der Waals surface area contributed by atoms with Gasteiger partial charge in [-0.25, -0.2) is 4.98 Å². The lowest BCUT2D eigenvalue weighted by molar-refractivity contribution is -0.117. The van der Waals surface area contributed by atoms with Crippen LogP contribution in [0.3, 0.4) is 0 Å². The number of carbonyl (C=O) groups excluding carboxylic acids is 1. The van der Waals surface area contributed by atoms with Gasteiger partial charge in [-0.15, -0.1) is 0 Å².